The van der Waals surface area contributed by atoms with E-state index in [9.17, 15) is 9.59 Å². The molecule has 2 aliphatic rings. The molecular formula is C17H21N3O3S. The second kappa shape index (κ2) is 6.55. The van der Waals surface area contributed by atoms with Crippen LogP contribution in [0.1, 0.15) is 23.3 Å². The van der Waals surface area contributed by atoms with Crippen molar-refractivity contribution in [2.45, 2.75) is 24.9 Å². The van der Waals surface area contributed by atoms with Gasteiger partial charge in [0.1, 0.15) is 12.1 Å². The molecule has 1 spiro atoms. The molecule has 0 aliphatic carbocycles. The second-order valence-corrected chi connectivity index (χ2v) is 7.27. The third kappa shape index (κ3) is 2.81. The number of amides is 3. The molecule has 7 heteroatoms. The first-order chi connectivity index (χ1) is 11.5. The highest BCUT2D eigenvalue weighted by atomic mass is 32.1. The van der Waals surface area contributed by atoms with Crippen LogP contribution in [0.4, 0.5) is 4.79 Å². The molecule has 0 bridgehead atoms. The first-order valence-electron chi connectivity index (χ1n) is 7.93. The molecule has 1 N–H and O–H groups in total. The van der Waals surface area contributed by atoms with E-state index >= 15 is 0 Å². The van der Waals surface area contributed by atoms with E-state index in [1.165, 1.54) is 9.78 Å². The first kappa shape index (κ1) is 17.0. The molecule has 0 radical (unpaired) electrons. The maximum atomic E-state index is 12.5. The molecule has 6 nitrogen and oxygen atoms in total. The van der Waals surface area contributed by atoms with E-state index in [1.807, 2.05) is 11.4 Å². The summed E-state index contributed by atoms with van der Waals surface area (Å²) in [5, 5.41) is 10.7. The Balaban J connectivity index is 1.62. The molecule has 3 heterocycles. The zero-order valence-electron chi connectivity index (χ0n) is 13.9. The van der Waals surface area contributed by atoms with Crippen LogP contribution >= 0.6 is 11.3 Å². The average molecular weight is 347 g/mol. The molecule has 0 unspecified atom stereocenters. The molecule has 2 aliphatic heterocycles. The van der Waals surface area contributed by atoms with Gasteiger partial charge in [0, 0.05) is 49.6 Å². The predicted octanol–water partition coefficient (Wildman–Crippen LogP) is 0.950. The summed E-state index contributed by atoms with van der Waals surface area (Å²) in [6.45, 7) is 2.26. The highest BCUT2D eigenvalue weighted by molar-refractivity contribution is 7.10. The number of urea groups is 1. The number of likely N-dealkylation sites (N-methyl/N-ethyl adjacent to an activating group) is 2. The van der Waals surface area contributed by atoms with Gasteiger partial charge in [-0.1, -0.05) is 11.8 Å². The number of piperidine rings is 1. The number of hydrogen-bond acceptors (Lipinski definition) is 5. The molecule has 24 heavy (non-hydrogen) atoms. The Morgan fingerprint density at radius 3 is 2.58 bits per heavy atom. The van der Waals surface area contributed by atoms with Gasteiger partial charge >= 0.3 is 6.03 Å². The third-order valence-electron chi connectivity index (χ3n) is 4.95. The van der Waals surface area contributed by atoms with E-state index in [1.54, 1.807) is 30.3 Å². The molecular weight excluding hydrogens is 326 g/mol. The lowest BCUT2D eigenvalue weighted by atomic mass is 9.86. The lowest BCUT2D eigenvalue weighted by Crippen LogP contribution is -2.55. The van der Waals surface area contributed by atoms with Crippen LogP contribution in [-0.4, -0.2) is 71.1 Å². The zero-order chi connectivity index (χ0) is 17.3. The van der Waals surface area contributed by atoms with E-state index in [2.05, 4.69) is 16.7 Å². The Labute approximate surface area is 145 Å². The van der Waals surface area contributed by atoms with Gasteiger partial charge in [-0.25, -0.2) is 4.79 Å². The van der Waals surface area contributed by atoms with Gasteiger partial charge in [-0.3, -0.25) is 14.6 Å². The van der Waals surface area contributed by atoms with Crippen LogP contribution in [0.2, 0.25) is 0 Å². The Hall–Kier alpha value is -1.88. The summed E-state index contributed by atoms with van der Waals surface area (Å²) in [7, 11) is 3.29. The Morgan fingerprint density at radius 2 is 2.00 bits per heavy atom. The quantitative estimate of drug-likeness (QED) is 0.639. The van der Waals surface area contributed by atoms with Crippen LogP contribution in [-0.2, 0) is 11.3 Å². The molecule has 1 aromatic heterocycles. The van der Waals surface area contributed by atoms with Crippen molar-refractivity contribution in [1.82, 2.24) is 14.7 Å². The van der Waals surface area contributed by atoms with Gasteiger partial charge in [0.2, 0.25) is 0 Å². The van der Waals surface area contributed by atoms with Crippen molar-refractivity contribution in [3.63, 3.8) is 0 Å². The van der Waals surface area contributed by atoms with Crippen molar-refractivity contribution in [3.05, 3.63) is 21.9 Å². The number of carbonyl (C=O) groups excluding carboxylic acids is 2. The Morgan fingerprint density at radius 1 is 1.29 bits per heavy atom. The van der Waals surface area contributed by atoms with E-state index in [-0.39, 0.29) is 18.5 Å². The molecule has 0 aromatic carbocycles. The number of hydrogen-bond donors (Lipinski definition) is 1. The fourth-order valence-electron chi connectivity index (χ4n) is 3.47. The van der Waals surface area contributed by atoms with Gasteiger partial charge in [0.25, 0.3) is 5.91 Å². The van der Waals surface area contributed by atoms with E-state index < -0.39 is 5.54 Å². The number of nitrogens with zero attached hydrogens (tertiary/aromatic N) is 3. The first-order valence-corrected chi connectivity index (χ1v) is 8.81. The Bertz CT molecular complexity index is 710. The normalized spacial score (nSPS) is 20.6. The molecule has 0 atom stereocenters. The summed E-state index contributed by atoms with van der Waals surface area (Å²) in [4.78, 5) is 30.9. The number of aliphatic hydroxyl groups is 1. The molecule has 3 amide bonds. The van der Waals surface area contributed by atoms with Crippen LogP contribution < -0.4 is 0 Å². The molecule has 128 valence electrons. The van der Waals surface area contributed by atoms with Crippen LogP contribution in [0.15, 0.2) is 11.4 Å². The van der Waals surface area contributed by atoms with Crippen molar-refractivity contribution >= 4 is 23.3 Å². The standard InChI is InChI=1S/C17H21N3O3S/c1-18-15(22)17(19(2)16(18)23)5-7-20(8-6-17)11-14-10-13(12-24-14)4-3-9-21/h10,12,21H,5-9,11H2,1-2H3. The van der Waals surface area contributed by atoms with Crippen LogP contribution in [0.5, 0.6) is 0 Å². The molecule has 1 aromatic rings. The summed E-state index contributed by atoms with van der Waals surface area (Å²) in [6.07, 6.45) is 1.34. The van der Waals surface area contributed by atoms with Crippen molar-refractivity contribution in [2.75, 3.05) is 33.8 Å². The minimum atomic E-state index is -0.657. The van der Waals surface area contributed by atoms with Crippen molar-refractivity contribution in [1.29, 1.82) is 0 Å². The number of carbonyl (C=O) groups is 2. The van der Waals surface area contributed by atoms with Crippen molar-refractivity contribution < 1.29 is 14.7 Å². The average Bonchev–Trinajstić information content (AvgIpc) is 3.10. The molecule has 0 saturated carbocycles. The van der Waals surface area contributed by atoms with E-state index in [0.717, 1.165) is 25.2 Å². The maximum absolute atomic E-state index is 12.5. The van der Waals surface area contributed by atoms with Gasteiger partial charge in [-0.15, -0.1) is 11.3 Å². The molecule has 2 saturated heterocycles. The minimum absolute atomic E-state index is 0.0765. The monoisotopic (exact) mass is 347 g/mol. The minimum Gasteiger partial charge on any atom is -0.384 e. The number of thiophene rings is 1. The van der Waals surface area contributed by atoms with Crippen LogP contribution in [0.25, 0.3) is 0 Å². The van der Waals surface area contributed by atoms with Gasteiger partial charge in [-0.05, 0) is 18.9 Å². The summed E-state index contributed by atoms with van der Waals surface area (Å²) in [5.74, 6) is 5.49. The third-order valence-corrected chi connectivity index (χ3v) is 5.87. The number of likely N-dealkylation sites (tertiary alicyclic amines) is 1. The smallest absolute Gasteiger partial charge is 0.327 e. The van der Waals surface area contributed by atoms with E-state index in [4.69, 9.17) is 5.11 Å². The van der Waals surface area contributed by atoms with Crippen molar-refractivity contribution in [2.24, 2.45) is 0 Å². The van der Waals surface area contributed by atoms with Gasteiger partial charge in [-0.2, -0.15) is 0 Å². The number of aliphatic hydroxyl groups excluding tert-OH is 1. The SMILES string of the molecule is CN1C(=O)N(C)C2(CCN(Cc3cc(C#CCO)cs3)CC2)C1=O. The maximum Gasteiger partial charge on any atom is 0.327 e. The van der Waals surface area contributed by atoms with Crippen molar-refractivity contribution in [3.8, 4) is 11.8 Å². The number of imide groups is 1. The summed E-state index contributed by atoms with van der Waals surface area (Å²) >= 11 is 1.65. The fraction of sp³-hybridized carbons (Fsp3) is 0.529. The summed E-state index contributed by atoms with van der Waals surface area (Å²) in [5.41, 5.74) is 0.269. The lowest BCUT2D eigenvalue weighted by Gasteiger charge is -2.40. The fourth-order valence-corrected chi connectivity index (χ4v) is 4.33. The van der Waals surface area contributed by atoms with Crippen LogP contribution in [0, 0.1) is 11.8 Å². The molecule has 3 rings (SSSR count). The van der Waals surface area contributed by atoms with E-state index in [0.29, 0.717) is 12.8 Å². The predicted molar refractivity (Wildman–Crippen MR) is 91.5 cm³/mol. The lowest BCUT2D eigenvalue weighted by molar-refractivity contribution is -0.134. The highest BCUT2D eigenvalue weighted by Gasteiger charge is 2.55. The van der Waals surface area contributed by atoms with Gasteiger partial charge in [0.15, 0.2) is 0 Å². The topological polar surface area (TPSA) is 64.1 Å². The van der Waals surface area contributed by atoms with Gasteiger partial charge in [0.05, 0.1) is 0 Å². The molecule has 2 fully saturated rings. The van der Waals surface area contributed by atoms with Crippen LogP contribution in [0.3, 0.4) is 0 Å². The number of rotatable bonds is 2. The Kier molecular flexibility index (Phi) is 4.63. The summed E-state index contributed by atoms with van der Waals surface area (Å²) < 4.78 is 0. The largest absolute Gasteiger partial charge is 0.384 e. The van der Waals surface area contributed by atoms with Gasteiger partial charge < -0.3 is 10.0 Å². The second-order valence-electron chi connectivity index (χ2n) is 6.28. The zero-order valence-corrected chi connectivity index (χ0v) is 14.7. The highest BCUT2D eigenvalue weighted by Crippen LogP contribution is 2.35. The summed E-state index contributed by atoms with van der Waals surface area (Å²) in [6, 6.07) is 1.83.